The van der Waals surface area contributed by atoms with Crippen LogP contribution >= 0.6 is 11.8 Å². The summed E-state index contributed by atoms with van der Waals surface area (Å²) in [5.41, 5.74) is 10.0. The minimum Gasteiger partial charge on any atom is -0.368 e. The van der Waals surface area contributed by atoms with Crippen LogP contribution in [0, 0.1) is 20.8 Å². The molecule has 1 amide bonds. The molecule has 1 aromatic carbocycles. The van der Waals surface area contributed by atoms with Gasteiger partial charge in [0.05, 0.1) is 0 Å². The van der Waals surface area contributed by atoms with Gasteiger partial charge in [-0.2, -0.15) is 0 Å². The average molecular weight is 333 g/mol. The Morgan fingerprint density at radius 2 is 1.91 bits per heavy atom. The van der Waals surface area contributed by atoms with Crippen LogP contribution in [0.5, 0.6) is 0 Å². The van der Waals surface area contributed by atoms with E-state index in [1.54, 1.807) is 4.57 Å². The van der Waals surface area contributed by atoms with E-state index < -0.39 is 6.04 Å². The SMILES string of the molecule is CCC(C(=O)Nc1c(C)cc(C)cc1C)n1c(N)nnc1SC. The fraction of sp³-hybridized carbons (Fsp3) is 0.438. The van der Waals surface area contributed by atoms with Crippen LogP contribution in [0.4, 0.5) is 11.6 Å². The summed E-state index contributed by atoms with van der Waals surface area (Å²) in [6.45, 7) is 7.99. The van der Waals surface area contributed by atoms with E-state index in [1.165, 1.54) is 17.3 Å². The van der Waals surface area contributed by atoms with Crippen molar-refractivity contribution >= 4 is 29.3 Å². The van der Waals surface area contributed by atoms with E-state index in [9.17, 15) is 4.79 Å². The molecule has 1 atom stereocenters. The van der Waals surface area contributed by atoms with Gasteiger partial charge in [-0.15, -0.1) is 10.2 Å². The van der Waals surface area contributed by atoms with Crippen molar-refractivity contribution in [2.75, 3.05) is 17.3 Å². The van der Waals surface area contributed by atoms with Gasteiger partial charge in [0.1, 0.15) is 6.04 Å². The normalized spacial score (nSPS) is 12.2. The molecule has 0 aliphatic heterocycles. The molecule has 2 rings (SSSR count). The van der Waals surface area contributed by atoms with Crippen molar-refractivity contribution in [1.29, 1.82) is 0 Å². The smallest absolute Gasteiger partial charge is 0.247 e. The van der Waals surface area contributed by atoms with E-state index in [1.807, 2.05) is 34.0 Å². The third-order valence-corrected chi connectivity index (χ3v) is 4.44. The lowest BCUT2D eigenvalue weighted by Gasteiger charge is -2.20. The predicted octanol–water partition coefficient (Wildman–Crippen LogP) is 3.10. The number of thioether (sulfide) groups is 1. The molecule has 0 bridgehead atoms. The molecule has 1 unspecified atom stereocenters. The standard InChI is InChI=1S/C16H23N5OS/c1-6-12(21-15(17)19-20-16(21)23-5)14(22)18-13-10(3)7-9(2)8-11(13)4/h7-8,12H,6H2,1-5H3,(H2,17,19)(H,18,22). The molecule has 0 spiro atoms. The monoisotopic (exact) mass is 333 g/mol. The second-order valence-electron chi connectivity index (χ2n) is 5.60. The van der Waals surface area contributed by atoms with Crippen LogP contribution in [0.15, 0.2) is 17.3 Å². The Balaban J connectivity index is 2.33. The zero-order chi connectivity index (χ0) is 17.1. The van der Waals surface area contributed by atoms with Crippen LogP contribution in [0.2, 0.25) is 0 Å². The minimum atomic E-state index is -0.437. The number of hydrogen-bond donors (Lipinski definition) is 2. The van der Waals surface area contributed by atoms with Gasteiger partial charge in [0, 0.05) is 5.69 Å². The molecular weight excluding hydrogens is 310 g/mol. The van der Waals surface area contributed by atoms with Gasteiger partial charge in [0.25, 0.3) is 0 Å². The Labute approximate surface area is 140 Å². The molecule has 0 fully saturated rings. The maximum absolute atomic E-state index is 12.8. The van der Waals surface area contributed by atoms with Gasteiger partial charge in [-0.3, -0.25) is 9.36 Å². The number of carbonyl (C=O) groups is 1. The van der Waals surface area contributed by atoms with Crippen molar-refractivity contribution in [2.24, 2.45) is 0 Å². The number of anilines is 2. The Kier molecular flexibility index (Phi) is 5.30. The summed E-state index contributed by atoms with van der Waals surface area (Å²) < 4.78 is 1.69. The number of benzene rings is 1. The van der Waals surface area contributed by atoms with Crippen LogP contribution in [0.25, 0.3) is 0 Å². The van der Waals surface area contributed by atoms with Gasteiger partial charge in [0.15, 0.2) is 5.16 Å². The number of aryl methyl sites for hydroxylation is 3. The Bertz CT molecular complexity index is 702. The number of aromatic nitrogens is 3. The number of nitrogens with two attached hydrogens (primary N) is 1. The first-order valence-corrected chi connectivity index (χ1v) is 8.74. The molecule has 0 saturated carbocycles. The first-order valence-electron chi connectivity index (χ1n) is 7.52. The second kappa shape index (κ2) is 7.04. The molecule has 0 saturated heterocycles. The Morgan fingerprint density at radius 3 is 2.43 bits per heavy atom. The Hall–Kier alpha value is -2.02. The fourth-order valence-corrected chi connectivity index (χ4v) is 3.33. The highest BCUT2D eigenvalue weighted by Gasteiger charge is 2.25. The van der Waals surface area contributed by atoms with E-state index in [4.69, 9.17) is 5.73 Å². The summed E-state index contributed by atoms with van der Waals surface area (Å²) in [5.74, 6) is 0.151. The van der Waals surface area contributed by atoms with Crippen molar-refractivity contribution in [1.82, 2.24) is 14.8 Å². The molecular formula is C16H23N5OS. The summed E-state index contributed by atoms with van der Waals surface area (Å²) in [6.07, 6.45) is 2.49. The summed E-state index contributed by atoms with van der Waals surface area (Å²) in [4.78, 5) is 12.8. The maximum atomic E-state index is 12.8. The van der Waals surface area contributed by atoms with Gasteiger partial charge in [-0.05, 0) is 44.6 Å². The van der Waals surface area contributed by atoms with Crippen LogP contribution in [-0.2, 0) is 4.79 Å². The quantitative estimate of drug-likeness (QED) is 0.821. The van der Waals surface area contributed by atoms with E-state index >= 15 is 0 Å². The topological polar surface area (TPSA) is 85.8 Å². The number of hydrogen-bond acceptors (Lipinski definition) is 5. The highest BCUT2D eigenvalue weighted by Crippen LogP contribution is 2.27. The summed E-state index contributed by atoms with van der Waals surface area (Å²) in [5, 5.41) is 11.6. The summed E-state index contributed by atoms with van der Waals surface area (Å²) >= 11 is 1.42. The lowest BCUT2D eigenvalue weighted by atomic mass is 10.0. The lowest BCUT2D eigenvalue weighted by molar-refractivity contribution is -0.119. The molecule has 124 valence electrons. The van der Waals surface area contributed by atoms with Crippen molar-refractivity contribution < 1.29 is 4.79 Å². The molecule has 1 aromatic heterocycles. The number of rotatable bonds is 5. The van der Waals surface area contributed by atoms with Crippen molar-refractivity contribution in [3.05, 3.63) is 28.8 Å². The number of nitrogens with one attached hydrogen (secondary N) is 1. The van der Waals surface area contributed by atoms with Gasteiger partial charge in [-0.25, -0.2) is 0 Å². The molecule has 0 aliphatic carbocycles. The first kappa shape index (κ1) is 17.3. The van der Waals surface area contributed by atoms with Crippen LogP contribution < -0.4 is 11.1 Å². The van der Waals surface area contributed by atoms with Gasteiger partial charge in [0.2, 0.25) is 11.9 Å². The number of amides is 1. The van der Waals surface area contributed by atoms with E-state index in [0.717, 1.165) is 16.8 Å². The summed E-state index contributed by atoms with van der Waals surface area (Å²) in [7, 11) is 0. The number of nitrogens with zero attached hydrogens (tertiary/aromatic N) is 3. The maximum Gasteiger partial charge on any atom is 0.247 e. The zero-order valence-corrected chi connectivity index (χ0v) is 15.0. The third kappa shape index (κ3) is 3.50. The molecule has 1 heterocycles. The van der Waals surface area contributed by atoms with Gasteiger partial charge < -0.3 is 11.1 Å². The van der Waals surface area contributed by atoms with Crippen LogP contribution in [-0.4, -0.2) is 26.9 Å². The van der Waals surface area contributed by atoms with E-state index in [0.29, 0.717) is 11.6 Å². The second-order valence-corrected chi connectivity index (χ2v) is 6.38. The molecule has 0 aliphatic rings. The van der Waals surface area contributed by atoms with Crippen LogP contribution in [0.3, 0.4) is 0 Å². The van der Waals surface area contributed by atoms with Crippen molar-refractivity contribution in [2.45, 2.75) is 45.3 Å². The lowest BCUT2D eigenvalue weighted by Crippen LogP contribution is -2.27. The molecule has 3 N–H and O–H groups in total. The Morgan fingerprint density at radius 1 is 1.30 bits per heavy atom. The zero-order valence-electron chi connectivity index (χ0n) is 14.2. The van der Waals surface area contributed by atoms with E-state index in [2.05, 4.69) is 27.6 Å². The predicted molar refractivity (Wildman–Crippen MR) is 94.8 cm³/mol. The van der Waals surface area contributed by atoms with E-state index in [-0.39, 0.29) is 11.9 Å². The summed E-state index contributed by atoms with van der Waals surface area (Å²) in [6, 6.07) is 3.68. The first-order chi connectivity index (χ1) is 10.9. The van der Waals surface area contributed by atoms with Crippen LogP contribution in [0.1, 0.15) is 36.1 Å². The highest BCUT2D eigenvalue weighted by atomic mass is 32.2. The number of carbonyl (C=O) groups excluding carboxylic acids is 1. The number of nitrogen functional groups attached to an aromatic ring is 1. The van der Waals surface area contributed by atoms with Gasteiger partial charge >= 0.3 is 0 Å². The molecule has 0 radical (unpaired) electrons. The molecule has 7 heteroatoms. The van der Waals surface area contributed by atoms with Gasteiger partial charge in [-0.1, -0.05) is 36.4 Å². The molecule has 2 aromatic rings. The fourth-order valence-electron chi connectivity index (χ4n) is 2.79. The molecule has 6 nitrogen and oxygen atoms in total. The third-order valence-electron chi connectivity index (χ3n) is 3.80. The largest absolute Gasteiger partial charge is 0.368 e. The average Bonchev–Trinajstić information content (AvgIpc) is 2.85. The van der Waals surface area contributed by atoms with Crippen molar-refractivity contribution in [3.63, 3.8) is 0 Å². The molecule has 23 heavy (non-hydrogen) atoms. The van der Waals surface area contributed by atoms with Crippen molar-refractivity contribution in [3.8, 4) is 0 Å². The highest BCUT2D eigenvalue weighted by molar-refractivity contribution is 7.98. The minimum absolute atomic E-state index is 0.107.